The van der Waals surface area contributed by atoms with E-state index in [1.807, 2.05) is 68.5 Å². The summed E-state index contributed by atoms with van der Waals surface area (Å²) in [7, 11) is 6.10. The molecule has 0 aliphatic heterocycles. The van der Waals surface area contributed by atoms with Crippen LogP contribution in [0.3, 0.4) is 0 Å². The first-order valence-corrected chi connectivity index (χ1v) is 11.7. The molecular weight excluding hydrogens is 424 g/mol. The molecule has 2 N–H and O–H groups in total. The number of para-hydroxylation sites is 1. The maximum atomic E-state index is 10.4. The molecule has 1 saturated carbocycles. The van der Waals surface area contributed by atoms with E-state index in [4.69, 9.17) is 4.98 Å². The first-order valence-electron chi connectivity index (χ1n) is 11.7. The lowest BCUT2D eigenvalue weighted by atomic mass is 9.91. The van der Waals surface area contributed by atoms with Gasteiger partial charge in [0.2, 0.25) is 5.95 Å². The summed E-state index contributed by atoms with van der Waals surface area (Å²) in [6.07, 6.45) is 7.33. The summed E-state index contributed by atoms with van der Waals surface area (Å²) in [6, 6.07) is 18.6. The Kier molecular flexibility index (Phi) is 7.65. The molecule has 0 radical (unpaired) electrons. The second-order valence-corrected chi connectivity index (χ2v) is 8.84. The SMILES string of the molecule is CNC1CCC(Nc2nc(N(C)C)c3ccccc3n2)CC1.O=Cc1ccc2ncccc2c1. The molecule has 0 bridgehead atoms. The maximum Gasteiger partial charge on any atom is 0.225 e. The molecule has 1 aliphatic carbocycles. The summed E-state index contributed by atoms with van der Waals surface area (Å²) >= 11 is 0. The number of pyridine rings is 1. The number of rotatable bonds is 5. The van der Waals surface area contributed by atoms with Crippen LogP contribution in [0.5, 0.6) is 0 Å². The number of nitrogens with one attached hydrogen (secondary N) is 2. The van der Waals surface area contributed by atoms with Crippen LogP contribution < -0.4 is 15.5 Å². The zero-order valence-corrected chi connectivity index (χ0v) is 20.0. The van der Waals surface area contributed by atoms with E-state index in [9.17, 15) is 4.79 Å². The smallest absolute Gasteiger partial charge is 0.225 e. The summed E-state index contributed by atoms with van der Waals surface area (Å²) < 4.78 is 0. The van der Waals surface area contributed by atoms with E-state index < -0.39 is 0 Å². The van der Waals surface area contributed by atoms with Crippen molar-refractivity contribution in [1.29, 1.82) is 0 Å². The molecule has 1 aliphatic rings. The number of hydrogen-bond acceptors (Lipinski definition) is 7. The third-order valence-corrected chi connectivity index (χ3v) is 6.24. The molecule has 5 rings (SSSR count). The number of fused-ring (bicyclic) bond motifs is 2. The Hall–Kier alpha value is -3.58. The van der Waals surface area contributed by atoms with E-state index in [0.29, 0.717) is 17.6 Å². The van der Waals surface area contributed by atoms with E-state index in [-0.39, 0.29) is 0 Å². The van der Waals surface area contributed by atoms with Crippen molar-refractivity contribution in [3.63, 3.8) is 0 Å². The van der Waals surface area contributed by atoms with Crippen molar-refractivity contribution in [2.75, 3.05) is 31.4 Å². The zero-order chi connectivity index (χ0) is 23.9. The van der Waals surface area contributed by atoms with Gasteiger partial charge in [-0.3, -0.25) is 9.78 Å². The molecule has 4 aromatic rings. The molecule has 2 aromatic heterocycles. The van der Waals surface area contributed by atoms with Crippen LogP contribution in [0.2, 0.25) is 0 Å². The minimum Gasteiger partial charge on any atom is -0.362 e. The monoisotopic (exact) mass is 456 g/mol. The van der Waals surface area contributed by atoms with Crippen molar-refractivity contribution >= 4 is 39.9 Å². The van der Waals surface area contributed by atoms with Crippen LogP contribution in [0.15, 0.2) is 60.8 Å². The molecule has 1 fully saturated rings. The average Bonchev–Trinajstić information content (AvgIpc) is 2.88. The number of carbonyl (C=O) groups excluding carboxylic acids is 1. The third-order valence-electron chi connectivity index (χ3n) is 6.24. The van der Waals surface area contributed by atoms with Crippen LogP contribution in [0, 0.1) is 0 Å². The van der Waals surface area contributed by atoms with E-state index in [2.05, 4.69) is 26.7 Å². The molecule has 34 heavy (non-hydrogen) atoms. The molecule has 2 aromatic carbocycles. The van der Waals surface area contributed by atoms with Gasteiger partial charge in [-0.15, -0.1) is 0 Å². The van der Waals surface area contributed by atoms with Crippen molar-refractivity contribution < 1.29 is 4.79 Å². The Morgan fingerprint density at radius 1 is 0.912 bits per heavy atom. The Bertz CT molecular complexity index is 1250. The summed E-state index contributed by atoms with van der Waals surface area (Å²) in [5.41, 5.74) is 2.60. The standard InChI is InChI=1S/C17H25N5.C10H7NO/c1-18-12-8-10-13(11-9-12)19-17-20-15-7-5-4-6-14(15)16(21-17)22(2)3;12-7-8-3-4-10-9(6-8)2-1-5-11-10/h4-7,12-13,18H,8-11H2,1-3H3,(H,19,20,21);1-7H. The molecule has 0 amide bonds. The molecule has 7 nitrogen and oxygen atoms in total. The normalized spacial score (nSPS) is 17.6. The molecule has 0 unspecified atom stereocenters. The highest BCUT2D eigenvalue weighted by atomic mass is 16.1. The Morgan fingerprint density at radius 3 is 2.41 bits per heavy atom. The van der Waals surface area contributed by atoms with Crippen LogP contribution in [-0.4, -0.2) is 54.5 Å². The second-order valence-electron chi connectivity index (χ2n) is 8.84. The van der Waals surface area contributed by atoms with Crippen LogP contribution >= 0.6 is 0 Å². The topological polar surface area (TPSA) is 83.0 Å². The van der Waals surface area contributed by atoms with Gasteiger partial charge in [-0.05, 0) is 69.1 Å². The third kappa shape index (κ3) is 5.66. The highest BCUT2D eigenvalue weighted by molar-refractivity contribution is 5.90. The molecule has 7 heteroatoms. The largest absolute Gasteiger partial charge is 0.362 e. The Morgan fingerprint density at radius 2 is 1.68 bits per heavy atom. The van der Waals surface area contributed by atoms with Gasteiger partial charge >= 0.3 is 0 Å². The van der Waals surface area contributed by atoms with Crippen molar-refractivity contribution in [1.82, 2.24) is 20.3 Å². The predicted octanol–water partition coefficient (Wildman–Crippen LogP) is 4.69. The molecule has 0 spiro atoms. The van der Waals surface area contributed by atoms with Crippen LogP contribution in [0.25, 0.3) is 21.8 Å². The number of aromatic nitrogens is 3. The van der Waals surface area contributed by atoms with Crippen LogP contribution in [-0.2, 0) is 0 Å². The lowest BCUT2D eigenvalue weighted by molar-refractivity contribution is 0.112. The van der Waals surface area contributed by atoms with E-state index in [0.717, 1.165) is 39.9 Å². The quantitative estimate of drug-likeness (QED) is 0.422. The van der Waals surface area contributed by atoms with Gasteiger partial charge in [-0.1, -0.05) is 18.2 Å². The van der Waals surface area contributed by atoms with Gasteiger partial charge in [0.1, 0.15) is 12.1 Å². The first-order chi connectivity index (χ1) is 16.6. The molecular formula is C27H32N6O. The summed E-state index contributed by atoms with van der Waals surface area (Å²) in [4.78, 5) is 26.0. The Labute approximate surface area is 200 Å². The lowest BCUT2D eigenvalue weighted by Crippen LogP contribution is -2.35. The second kappa shape index (κ2) is 11.0. The number of nitrogens with zero attached hydrogens (tertiary/aromatic N) is 4. The maximum absolute atomic E-state index is 10.4. The van der Waals surface area contributed by atoms with Gasteiger partial charge in [0.15, 0.2) is 0 Å². The van der Waals surface area contributed by atoms with E-state index in [1.165, 1.54) is 25.7 Å². The lowest BCUT2D eigenvalue weighted by Gasteiger charge is -2.29. The van der Waals surface area contributed by atoms with E-state index >= 15 is 0 Å². The number of anilines is 2. The van der Waals surface area contributed by atoms with Gasteiger partial charge in [0.05, 0.1) is 11.0 Å². The zero-order valence-electron chi connectivity index (χ0n) is 20.0. The van der Waals surface area contributed by atoms with Crippen molar-refractivity contribution in [2.24, 2.45) is 0 Å². The van der Waals surface area contributed by atoms with Gasteiger partial charge in [-0.25, -0.2) is 4.98 Å². The van der Waals surface area contributed by atoms with Crippen molar-refractivity contribution in [2.45, 2.75) is 37.8 Å². The van der Waals surface area contributed by atoms with Crippen LogP contribution in [0.1, 0.15) is 36.0 Å². The average molecular weight is 457 g/mol. The fourth-order valence-corrected chi connectivity index (χ4v) is 4.34. The highest BCUT2D eigenvalue weighted by Gasteiger charge is 2.21. The van der Waals surface area contributed by atoms with Gasteiger partial charge in [0, 0.05) is 48.7 Å². The highest BCUT2D eigenvalue weighted by Crippen LogP contribution is 2.26. The fourth-order valence-electron chi connectivity index (χ4n) is 4.34. The summed E-state index contributed by atoms with van der Waals surface area (Å²) in [6.45, 7) is 0. The summed E-state index contributed by atoms with van der Waals surface area (Å²) in [5, 5.41) is 9.00. The molecule has 0 atom stereocenters. The number of carbonyl (C=O) groups is 1. The van der Waals surface area contributed by atoms with Gasteiger partial charge < -0.3 is 15.5 Å². The van der Waals surface area contributed by atoms with Crippen molar-refractivity contribution in [3.05, 3.63) is 66.4 Å². The van der Waals surface area contributed by atoms with Crippen molar-refractivity contribution in [3.8, 4) is 0 Å². The fraction of sp³-hybridized carbons (Fsp3) is 0.333. The Balaban J connectivity index is 0.000000192. The minimum absolute atomic E-state index is 0.473. The summed E-state index contributed by atoms with van der Waals surface area (Å²) in [5.74, 6) is 1.72. The van der Waals surface area contributed by atoms with E-state index in [1.54, 1.807) is 12.3 Å². The molecule has 0 saturated heterocycles. The number of aldehydes is 1. The minimum atomic E-state index is 0.473. The predicted molar refractivity (Wildman–Crippen MR) is 140 cm³/mol. The van der Waals surface area contributed by atoms with Gasteiger partial charge in [0.25, 0.3) is 0 Å². The van der Waals surface area contributed by atoms with Gasteiger partial charge in [-0.2, -0.15) is 4.98 Å². The van der Waals surface area contributed by atoms with Crippen LogP contribution in [0.4, 0.5) is 11.8 Å². The molecule has 2 heterocycles. The number of benzene rings is 2. The molecule has 176 valence electrons. The number of hydrogen-bond donors (Lipinski definition) is 2. The first kappa shape index (κ1) is 23.6.